The van der Waals surface area contributed by atoms with Crippen LogP contribution in [0.15, 0.2) is 79.1 Å². The molecule has 9 rings (SSSR count). The number of likely N-dealkylation sites (tertiary alicyclic amines) is 1. The van der Waals surface area contributed by atoms with Gasteiger partial charge < -0.3 is 35.1 Å². The van der Waals surface area contributed by atoms with Gasteiger partial charge in [0.2, 0.25) is 23.6 Å². The number of aromatic nitrogens is 4. The summed E-state index contributed by atoms with van der Waals surface area (Å²) in [6, 6.07) is 20.7. The third-order valence-electron chi connectivity index (χ3n) is 13.0. The minimum absolute atomic E-state index is 0.0269. The fourth-order valence-corrected chi connectivity index (χ4v) is 9.29. The lowest BCUT2D eigenvalue weighted by Gasteiger charge is -2.35. The SMILES string of the molecule is Nc1ncnc2c1c(-c1ccc(Oc3ccccc3)cc1)nn2C1CCN(C(=O)CCCN2CCN(CCOCCOCC(=O)Nc3ccc4c(c3)C(=O)N(C3CCC(=O)NC3=O)C4=O)CC2)CC1. The van der Waals surface area contributed by atoms with Crippen LogP contribution in [0, 0.1) is 0 Å². The minimum atomic E-state index is -1.07. The van der Waals surface area contributed by atoms with Gasteiger partial charge in [-0.1, -0.05) is 18.2 Å². The van der Waals surface area contributed by atoms with E-state index in [2.05, 4.69) is 30.4 Å². The molecule has 4 aliphatic rings. The van der Waals surface area contributed by atoms with Crippen LogP contribution < -0.4 is 21.1 Å². The second kappa shape index (κ2) is 21.4. The third kappa shape index (κ3) is 10.9. The smallest absolute Gasteiger partial charge is 0.262 e. The first-order chi connectivity index (χ1) is 33.6. The van der Waals surface area contributed by atoms with Gasteiger partial charge >= 0.3 is 0 Å². The average molecular weight is 942 g/mol. The van der Waals surface area contributed by atoms with Gasteiger partial charge in [-0.2, -0.15) is 5.10 Å². The monoisotopic (exact) mass is 941 g/mol. The van der Waals surface area contributed by atoms with Crippen molar-refractivity contribution in [2.24, 2.45) is 0 Å². The van der Waals surface area contributed by atoms with Gasteiger partial charge in [-0.25, -0.2) is 14.6 Å². The summed E-state index contributed by atoms with van der Waals surface area (Å²) < 4.78 is 19.2. The molecule has 4 N–H and O–H groups in total. The summed E-state index contributed by atoms with van der Waals surface area (Å²) in [5.41, 5.74) is 9.19. The van der Waals surface area contributed by atoms with Crippen molar-refractivity contribution in [1.82, 2.24) is 44.7 Å². The molecule has 0 bridgehead atoms. The van der Waals surface area contributed by atoms with Gasteiger partial charge in [0.05, 0.1) is 42.4 Å². The maximum Gasteiger partial charge on any atom is 0.262 e. The lowest BCUT2D eigenvalue weighted by atomic mass is 10.0. The number of carbonyl (C=O) groups excluding carboxylic acids is 6. The standard InChI is InChI=1S/C49H55N11O9/c50-45-43-44(32-8-11-36(12-9-32)69-35-5-2-1-3-6-35)55-60(46(43)52-31-51-45)34-16-19-58(20-17-34)42(63)7-4-18-56-21-23-57(24-22-56)25-26-67-27-28-68-30-41(62)53-33-10-13-37-38(29-33)49(66)59(48(37)65)39-14-15-40(61)54-47(39)64/h1-3,5-6,8-13,29,31,34,39H,4,7,14-28,30H2,(H,53,62)(H2,50,51,52)(H,54,61,64). The molecule has 20 nitrogen and oxygen atoms in total. The van der Waals surface area contributed by atoms with E-state index in [1.54, 1.807) is 0 Å². The topological polar surface area (TPSA) is 237 Å². The van der Waals surface area contributed by atoms with E-state index in [9.17, 15) is 28.8 Å². The number of nitrogens with two attached hydrogens (primary N) is 1. The van der Waals surface area contributed by atoms with Gasteiger partial charge in [-0.3, -0.25) is 43.9 Å². The second-order valence-electron chi connectivity index (χ2n) is 17.5. The molecule has 6 heterocycles. The number of rotatable bonds is 18. The summed E-state index contributed by atoms with van der Waals surface area (Å²) in [6.07, 6.45) is 4.39. The van der Waals surface area contributed by atoms with Crippen LogP contribution in [0.3, 0.4) is 0 Å². The molecule has 20 heteroatoms. The molecule has 0 spiro atoms. The Labute approximate surface area is 398 Å². The van der Waals surface area contributed by atoms with Crippen molar-refractivity contribution in [3.05, 3.63) is 90.3 Å². The van der Waals surface area contributed by atoms with Gasteiger partial charge in [0.1, 0.15) is 42.0 Å². The summed E-state index contributed by atoms with van der Waals surface area (Å²) in [5.74, 6) is -0.824. The lowest BCUT2D eigenvalue weighted by Crippen LogP contribution is -2.54. The first-order valence-electron chi connectivity index (χ1n) is 23.4. The Bertz CT molecular complexity index is 2700. The molecule has 1 atom stereocenters. The van der Waals surface area contributed by atoms with E-state index >= 15 is 0 Å². The Kier molecular flexibility index (Phi) is 14.6. The van der Waals surface area contributed by atoms with Crippen LogP contribution in [0.2, 0.25) is 0 Å². The van der Waals surface area contributed by atoms with Crippen LogP contribution in [0.25, 0.3) is 22.3 Å². The largest absolute Gasteiger partial charge is 0.457 e. The third-order valence-corrected chi connectivity index (χ3v) is 13.0. The molecule has 360 valence electrons. The highest BCUT2D eigenvalue weighted by molar-refractivity contribution is 6.24. The van der Waals surface area contributed by atoms with Crippen molar-refractivity contribution in [2.45, 2.75) is 50.6 Å². The highest BCUT2D eigenvalue weighted by Crippen LogP contribution is 2.36. The van der Waals surface area contributed by atoms with E-state index in [1.165, 1.54) is 24.5 Å². The number of fused-ring (bicyclic) bond motifs is 2. The van der Waals surface area contributed by atoms with Crippen molar-refractivity contribution in [3.8, 4) is 22.8 Å². The van der Waals surface area contributed by atoms with Crippen molar-refractivity contribution >= 4 is 58.0 Å². The van der Waals surface area contributed by atoms with E-state index in [0.29, 0.717) is 66.7 Å². The number of hydrogen-bond donors (Lipinski definition) is 3. The molecule has 1 unspecified atom stereocenters. The molecular weight excluding hydrogens is 887 g/mol. The van der Waals surface area contributed by atoms with E-state index in [0.717, 1.165) is 74.7 Å². The molecule has 5 aromatic rings. The zero-order valence-corrected chi connectivity index (χ0v) is 38.2. The predicted octanol–water partition coefficient (Wildman–Crippen LogP) is 3.50. The number of imide groups is 2. The average Bonchev–Trinajstić information content (AvgIpc) is 3.87. The van der Waals surface area contributed by atoms with Crippen molar-refractivity contribution in [3.63, 3.8) is 0 Å². The molecule has 69 heavy (non-hydrogen) atoms. The summed E-state index contributed by atoms with van der Waals surface area (Å²) in [4.78, 5) is 92.2. The molecule has 0 aliphatic carbocycles. The Morgan fingerprint density at radius 1 is 0.768 bits per heavy atom. The maximum absolute atomic E-state index is 13.3. The number of ether oxygens (including phenoxy) is 3. The van der Waals surface area contributed by atoms with Gasteiger partial charge in [0, 0.05) is 69.9 Å². The highest BCUT2D eigenvalue weighted by atomic mass is 16.5. The molecule has 0 saturated carbocycles. The zero-order valence-electron chi connectivity index (χ0n) is 38.2. The van der Waals surface area contributed by atoms with Crippen LogP contribution in [-0.4, -0.2) is 160 Å². The van der Waals surface area contributed by atoms with Crippen LogP contribution in [0.1, 0.15) is 65.3 Å². The van der Waals surface area contributed by atoms with Crippen LogP contribution in [0.5, 0.6) is 11.5 Å². The van der Waals surface area contributed by atoms with Gasteiger partial charge in [-0.05, 0) is 86.8 Å². The van der Waals surface area contributed by atoms with Gasteiger partial charge in [0.15, 0.2) is 5.65 Å². The number of benzene rings is 3. The Balaban J connectivity index is 0.629. The number of nitrogens with zero attached hydrogens (tertiary/aromatic N) is 8. The number of para-hydroxylation sites is 1. The molecule has 0 radical (unpaired) electrons. The second-order valence-corrected chi connectivity index (χ2v) is 17.5. The predicted molar refractivity (Wildman–Crippen MR) is 252 cm³/mol. The zero-order chi connectivity index (χ0) is 47.9. The maximum atomic E-state index is 13.3. The number of piperidine rings is 2. The van der Waals surface area contributed by atoms with Crippen LogP contribution in [0.4, 0.5) is 11.5 Å². The van der Waals surface area contributed by atoms with Crippen LogP contribution in [-0.2, 0) is 28.7 Å². The summed E-state index contributed by atoms with van der Waals surface area (Å²) in [6.45, 7) is 7.43. The fraction of sp³-hybridized carbons (Fsp3) is 0.408. The number of nitrogens with one attached hydrogen (secondary N) is 2. The van der Waals surface area contributed by atoms with Crippen molar-refractivity contribution in [2.75, 3.05) is 89.8 Å². The molecule has 3 saturated heterocycles. The van der Waals surface area contributed by atoms with Crippen LogP contribution >= 0.6 is 0 Å². The number of hydrogen-bond acceptors (Lipinski definition) is 15. The van der Waals surface area contributed by atoms with Gasteiger partial charge in [-0.15, -0.1) is 0 Å². The van der Waals surface area contributed by atoms with E-state index in [1.807, 2.05) is 64.2 Å². The quantitative estimate of drug-likeness (QED) is 0.0842. The van der Waals surface area contributed by atoms with E-state index < -0.39 is 35.6 Å². The molecule has 2 aromatic heterocycles. The number of nitrogen functional groups attached to an aromatic ring is 1. The number of piperazine rings is 1. The summed E-state index contributed by atoms with van der Waals surface area (Å²) >= 11 is 0. The van der Waals surface area contributed by atoms with E-state index in [-0.39, 0.29) is 49.1 Å². The number of amides is 6. The number of anilines is 2. The van der Waals surface area contributed by atoms with E-state index in [4.69, 9.17) is 25.0 Å². The molecule has 3 aromatic carbocycles. The van der Waals surface area contributed by atoms with Crippen molar-refractivity contribution < 1.29 is 43.0 Å². The minimum Gasteiger partial charge on any atom is -0.457 e. The highest BCUT2D eigenvalue weighted by Gasteiger charge is 2.44. The molecule has 4 aliphatic heterocycles. The lowest BCUT2D eigenvalue weighted by molar-refractivity contribution is -0.136. The molecule has 3 fully saturated rings. The Hall–Kier alpha value is -7.13. The van der Waals surface area contributed by atoms with Gasteiger partial charge in [0.25, 0.3) is 11.8 Å². The fourth-order valence-electron chi connectivity index (χ4n) is 9.29. The Morgan fingerprint density at radius 2 is 1.48 bits per heavy atom. The number of carbonyl (C=O) groups is 6. The summed E-state index contributed by atoms with van der Waals surface area (Å²) in [5, 5.41) is 10.6. The summed E-state index contributed by atoms with van der Waals surface area (Å²) in [7, 11) is 0. The normalized spacial score (nSPS) is 18.2. The van der Waals surface area contributed by atoms with Crippen molar-refractivity contribution in [1.29, 1.82) is 0 Å². The molecular formula is C49H55N11O9. The first kappa shape index (κ1) is 47.0. The first-order valence-corrected chi connectivity index (χ1v) is 23.4. The molecule has 6 amide bonds. The Morgan fingerprint density at radius 3 is 2.23 bits per heavy atom.